The molecule has 25 heavy (non-hydrogen) atoms. The van der Waals surface area contributed by atoms with Crippen LogP contribution in [0.15, 0.2) is 42.5 Å². The highest BCUT2D eigenvalue weighted by molar-refractivity contribution is 5.95. The largest absolute Gasteiger partial charge is 0.494 e. The Morgan fingerprint density at radius 3 is 2.72 bits per heavy atom. The molecule has 5 nitrogen and oxygen atoms in total. The van der Waals surface area contributed by atoms with Gasteiger partial charge in [-0.15, -0.1) is 0 Å². The van der Waals surface area contributed by atoms with Gasteiger partial charge >= 0.3 is 0 Å². The van der Waals surface area contributed by atoms with E-state index in [-0.39, 0.29) is 17.6 Å². The second kappa shape index (κ2) is 7.63. The number of hydrogen-bond donors (Lipinski definition) is 3. The summed E-state index contributed by atoms with van der Waals surface area (Å²) >= 11 is 0. The van der Waals surface area contributed by atoms with Crippen LogP contribution in [-0.2, 0) is 4.79 Å². The summed E-state index contributed by atoms with van der Waals surface area (Å²) in [4.78, 5) is 12.4. The summed E-state index contributed by atoms with van der Waals surface area (Å²) in [6, 6.07) is 12.0. The minimum Gasteiger partial charge on any atom is -0.494 e. The van der Waals surface area contributed by atoms with Crippen LogP contribution in [0.3, 0.4) is 0 Å². The Kier molecular flexibility index (Phi) is 5.31. The lowest BCUT2D eigenvalue weighted by atomic mass is 10.0. The third kappa shape index (κ3) is 4.15. The van der Waals surface area contributed by atoms with Crippen LogP contribution in [-0.4, -0.2) is 18.6 Å². The summed E-state index contributed by atoms with van der Waals surface area (Å²) in [5.41, 5.74) is 8.26. The highest BCUT2D eigenvalue weighted by Crippen LogP contribution is 2.25. The molecule has 1 fully saturated rings. The molecule has 0 aliphatic carbocycles. The van der Waals surface area contributed by atoms with Crippen molar-refractivity contribution in [3.63, 3.8) is 0 Å². The number of hydrazine groups is 1. The van der Waals surface area contributed by atoms with Crippen molar-refractivity contribution in [1.82, 2.24) is 10.9 Å². The van der Waals surface area contributed by atoms with E-state index in [0.29, 0.717) is 13.0 Å². The Labute approximate surface area is 146 Å². The molecule has 1 heterocycles. The van der Waals surface area contributed by atoms with Gasteiger partial charge in [-0.05, 0) is 55.7 Å². The predicted molar refractivity (Wildman–Crippen MR) is 94.8 cm³/mol. The first-order valence-electron chi connectivity index (χ1n) is 8.37. The molecular weight excluding hydrogens is 321 g/mol. The number of amides is 1. The van der Waals surface area contributed by atoms with Gasteiger partial charge < -0.3 is 10.1 Å². The van der Waals surface area contributed by atoms with Crippen molar-refractivity contribution in [2.24, 2.45) is 0 Å². The number of carbonyl (C=O) groups is 1. The lowest BCUT2D eigenvalue weighted by Gasteiger charge is -2.12. The van der Waals surface area contributed by atoms with Gasteiger partial charge in [0.25, 0.3) is 0 Å². The average Bonchev–Trinajstić information content (AvgIpc) is 3.09. The van der Waals surface area contributed by atoms with E-state index in [1.54, 1.807) is 12.1 Å². The zero-order chi connectivity index (χ0) is 17.8. The Morgan fingerprint density at radius 1 is 1.24 bits per heavy atom. The first-order chi connectivity index (χ1) is 12.1. The van der Waals surface area contributed by atoms with E-state index in [0.717, 1.165) is 16.9 Å². The van der Waals surface area contributed by atoms with Gasteiger partial charge in [-0.2, -0.15) is 0 Å². The zero-order valence-corrected chi connectivity index (χ0v) is 14.3. The van der Waals surface area contributed by atoms with Crippen LogP contribution in [0.1, 0.15) is 30.5 Å². The summed E-state index contributed by atoms with van der Waals surface area (Å²) in [6.07, 6.45) is 0.577. The van der Waals surface area contributed by atoms with Gasteiger partial charge in [0.2, 0.25) is 5.91 Å². The average molecular weight is 343 g/mol. The standard InChI is InChI=1S/C19H22FN3O2/c1-3-25-14-7-5-13(6-8-14)16-11-18(23-22-16)19(24)21-17-10-12(2)4-9-15(17)20/h4-10,16,18,22-23H,3,11H2,1-2H3,(H,21,24). The summed E-state index contributed by atoms with van der Waals surface area (Å²) < 4.78 is 19.2. The number of ether oxygens (including phenoxy) is 1. The van der Waals surface area contributed by atoms with Crippen molar-refractivity contribution in [3.05, 3.63) is 59.4 Å². The monoisotopic (exact) mass is 343 g/mol. The normalized spacial score (nSPS) is 19.6. The minimum atomic E-state index is -0.437. The molecule has 0 spiro atoms. The van der Waals surface area contributed by atoms with Gasteiger partial charge in [0.05, 0.1) is 12.3 Å². The molecule has 0 bridgehead atoms. The van der Waals surface area contributed by atoms with Crippen molar-refractivity contribution in [1.29, 1.82) is 0 Å². The fourth-order valence-electron chi connectivity index (χ4n) is 2.86. The fraction of sp³-hybridized carbons (Fsp3) is 0.316. The summed E-state index contributed by atoms with van der Waals surface area (Å²) in [6.45, 7) is 4.42. The maximum Gasteiger partial charge on any atom is 0.243 e. The smallest absolute Gasteiger partial charge is 0.243 e. The number of carbonyl (C=O) groups excluding carboxylic acids is 1. The Hall–Kier alpha value is -2.44. The summed E-state index contributed by atoms with van der Waals surface area (Å²) in [7, 11) is 0. The molecule has 1 aliphatic rings. The second-order valence-corrected chi connectivity index (χ2v) is 6.10. The van der Waals surface area contributed by atoms with E-state index in [1.807, 2.05) is 38.1 Å². The second-order valence-electron chi connectivity index (χ2n) is 6.10. The van der Waals surface area contributed by atoms with Gasteiger partial charge in [-0.25, -0.2) is 15.2 Å². The Bertz CT molecular complexity index is 749. The lowest BCUT2D eigenvalue weighted by molar-refractivity contribution is -0.117. The topological polar surface area (TPSA) is 62.4 Å². The Balaban J connectivity index is 1.62. The molecule has 0 aromatic heterocycles. The molecule has 0 saturated carbocycles. The van der Waals surface area contributed by atoms with Crippen LogP contribution >= 0.6 is 0 Å². The summed E-state index contributed by atoms with van der Waals surface area (Å²) in [5, 5.41) is 2.65. The molecule has 2 aromatic carbocycles. The maximum atomic E-state index is 13.8. The molecule has 2 aromatic rings. The Morgan fingerprint density at radius 2 is 2.00 bits per heavy atom. The summed E-state index contributed by atoms with van der Waals surface area (Å²) in [5.74, 6) is 0.125. The van der Waals surface area contributed by atoms with Crippen molar-refractivity contribution in [3.8, 4) is 5.75 Å². The molecule has 3 rings (SSSR count). The molecule has 2 unspecified atom stereocenters. The molecule has 0 radical (unpaired) electrons. The number of rotatable bonds is 5. The zero-order valence-electron chi connectivity index (χ0n) is 14.3. The highest BCUT2D eigenvalue weighted by atomic mass is 19.1. The number of halogens is 1. The molecule has 3 N–H and O–H groups in total. The highest BCUT2D eigenvalue weighted by Gasteiger charge is 2.30. The van der Waals surface area contributed by atoms with Crippen molar-refractivity contribution in [2.45, 2.75) is 32.4 Å². The number of hydrogen-bond acceptors (Lipinski definition) is 4. The number of aryl methyl sites for hydroxylation is 1. The molecule has 2 atom stereocenters. The van der Waals surface area contributed by atoms with Crippen LogP contribution in [0, 0.1) is 12.7 Å². The minimum absolute atomic E-state index is 0.00813. The first kappa shape index (κ1) is 17.4. The SMILES string of the molecule is CCOc1ccc(C2CC(C(=O)Nc3cc(C)ccc3F)NN2)cc1. The molecular formula is C19H22FN3O2. The number of nitrogens with one attached hydrogen (secondary N) is 3. The maximum absolute atomic E-state index is 13.8. The molecule has 6 heteroatoms. The predicted octanol–water partition coefficient (Wildman–Crippen LogP) is 3.08. The van der Waals surface area contributed by atoms with Gasteiger partial charge in [0.15, 0.2) is 0 Å². The van der Waals surface area contributed by atoms with Gasteiger partial charge in [-0.3, -0.25) is 4.79 Å². The first-order valence-corrected chi connectivity index (χ1v) is 8.37. The number of anilines is 1. The van der Waals surface area contributed by atoms with Crippen LogP contribution in [0.5, 0.6) is 5.75 Å². The molecule has 1 amide bonds. The van der Waals surface area contributed by atoms with E-state index in [2.05, 4.69) is 16.2 Å². The molecule has 1 aliphatic heterocycles. The quantitative estimate of drug-likeness (QED) is 0.781. The molecule has 132 valence electrons. The lowest BCUT2D eigenvalue weighted by Crippen LogP contribution is -2.39. The third-order valence-corrected chi connectivity index (χ3v) is 4.19. The fourth-order valence-corrected chi connectivity index (χ4v) is 2.86. The van der Waals surface area contributed by atoms with Gasteiger partial charge in [0.1, 0.15) is 17.6 Å². The van der Waals surface area contributed by atoms with Crippen LogP contribution < -0.4 is 20.9 Å². The van der Waals surface area contributed by atoms with Crippen LogP contribution in [0.4, 0.5) is 10.1 Å². The third-order valence-electron chi connectivity index (χ3n) is 4.19. The van der Waals surface area contributed by atoms with Gasteiger partial charge in [-0.1, -0.05) is 18.2 Å². The van der Waals surface area contributed by atoms with E-state index in [9.17, 15) is 9.18 Å². The van der Waals surface area contributed by atoms with E-state index < -0.39 is 11.9 Å². The number of benzene rings is 2. The van der Waals surface area contributed by atoms with Crippen LogP contribution in [0.2, 0.25) is 0 Å². The van der Waals surface area contributed by atoms with E-state index >= 15 is 0 Å². The van der Waals surface area contributed by atoms with E-state index in [1.165, 1.54) is 6.07 Å². The van der Waals surface area contributed by atoms with Crippen molar-refractivity contribution in [2.75, 3.05) is 11.9 Å². The van der Waals surface area contributed by atoms with Gasteiger partial charge in [0, 0.05) is 6.04 Å². The van der Waals surface area contributed by atoms with Crippen molar-refractivity contribution < 1.29 is 13.9 Å². The molecule has 1 saturated heterocycles. The van der Waals surface area contributed by atoms with Crippen LogP contribution in [0.25, 0.3) is 0 Å². The van der Waals surface area contributed by atoms with E-state index in [4.69, 9.17) is 4.74 Å². The van der Waals surface area contributed by atoms with Crippen molar-refractivity contribution >= 4 is 11.6 Å².